The van der Waals surface area contributed by atoms with E-state index in [0.29, 0.717) is 5.92 Å². The van der Waals surface area contributed by atoms with Crippen molar-refractivity contribution >= 4 is 0 Å². The van der Waals surface area contributed by atoms with Gasteiger partial charge >= 0.3 is 0 Å². The Morgan fingerprint density at radius 3 is 2.75 bits per heavy atom. The Labute approximate surface area is 75.0 Å². The Balaban J connectivity index is 2.63. The Morgan fingerprint density at radius 2 is 2.25 bits per heavy atom. The van der Waals surface area contributed by atoms with Crippen LogP contribution in [0.1, 0.15) is 20.3 Å². The quantitative estimate of drug-likeness (QED) is 0.541. The van der Waals surface area contributed by atoms with Crippen LogP contribution in [0, 0.1) is 5.92 Å². The molecule has 0 spiro atoms. The highest BCUT2D eigenvalue weighted by atomic mass is 14.2. The van der Waals surface area contributed by atoms with Gasteiger partial charge in [0.25, 0.3) is 0 Å². The predicted molar refractivity (Wildman–Crippen MR) is 55.0 cm³/mol. The lowest BCUT2D eigenvalue weighted by Gasteiger charge is -1.95. The van der Waals surface area contributed by atoms with Gasteiger partial charge in [0.15, 0.2) is 0 Å². The molecule has 0 nitrogen and oxygen atoms in total. The Bertz CT molecular complexity index is 251. The van der Waals surface area contributed by atoms with Crippen molar-refractivity contribution in [3.05, 3.63) is 48.1 Å². The van der Waals surface area contributed by atoms with Crippen molar-refractivity contribution in [2.45, 2.75) is 20.3 Å². The van der Waals surface area contributed by atoms with Gasteiger partial charge in [-0.1, -0.05) is 43.9 Å². The second-order valence-electron chi connectivity index (χ2n) is 3.29. The van der Waals surface area contributed by atoms with E-state index in [2.05, 4.69) is 31.7 Å². The van der Waals surface area contributed by atoms with Crippen molar-refractivity contribution in [3.63, 3.8) is 0 Å². The van der Waals surface area contributed by atoms with Crippen LogP contribution in [0.15, 0.2) is 48.1 Å². The molecule has 0 aliphatic heterocycles. The van der Waals surface area contributed by atoms with Crippen molar-refractivity contribution in [2.75, 3.05) is 0 Å². The molecule has 0 saturated heterocycles. The minimum Gasteiger partial charge on any atom is -0.0952 e. The molecule has 0 N–H and O–H groups in total. The average Bonchev–Trinajstić information content (AvgIpc) is 2.31. The van der Waals surface area contributed by atoms with Crippen LogP contribution in [0.25, 0.3) is 0 Å². The van der Waals surface area contributed by atoms with Gasteiger partial charge in [-0.15, -0.1) is 0 Å². The molecule has 0 aromatic carbocycles. The van der Waals surface area contributed by atoms with Gasteiger partial charge in [-0.2, -0.15) is 0 Å². The molecule has 0 fully saturated rings. The molecule has 1 unspecified atom stereocenters. The van der Waals surface area contributed by atoms with Crippen LogP contribution in [0.4, 0.5) is 0 Å². The maximum atomic E-state index is 4.02. The first kappa shape index (κ1) is 9.05. The van der Waals surface area contributed by atoms with Crippen LogP contribution >= 0.6 is 0 Å². The third-order valence-corrected chi connectivity index (χ3v) is 2.02. The van der Waals surface area contributed by atoms with Gasteiger partial charge in [-0.05, 0) is 30.4 Å². The smallest absolute Gasteiger partial charge is 0.0212 e. The van der Waals surface area contributed by atoms with Crippen molar-refractivity contribution < 1.29 is 0 Å². The molecule has 1 aliphatic carbocycles. The summed E-state index contributed by atoms with van der Waals surface area (Å²) >= 11 is 0. The highest BCUT2D eigenvalue weighted by Gasteiger charge is 2.12. The highest BCUT2D eigenvalue weighted by molar-refractivity contribution is 5.43. The van der Waals surface area contributed by atoms with Gasteiger partial charge in [0.2, 0.25) is 0 Å². The monoisotopic (exact) mass is 160 g/mol. The summed E-state index contributed by atoms with van der Waals surface area (Å²) in [6.45, 7) is 8.26. The van der Waals surface area contributed by atoms with Crippen LogP contribution in [0.5, 0.6) is 0 Å². The maximum absolute atomic E-state index is 4.02. The molecule has 1 rings (SSSR count). The first-order valence-electron chi connectivity index (χ1n) is 4.43. The van der Waals surface area contributed by atoms with Crippen molar-refractivity contribution in [1.29, 1.82) is 0 Å². The van der Waals surface area contributed by atoms with Crippen LogP contribution < -0.4 is 0 Å². The fraction of sp³-hybridized carbons (Fsp3) is 0.333. The number of hydrogen-bond donors (Lipinski definition) is 0. The van der Waals surface area contributed by atoms with Crippen LogP contribution in [-0.4, -0.2) is 0 Å². The van der Waals surface area contributed by atoms with Crippen LogP contribution in [-0.2, 0) is 0 Å². The zero-order valence-electron chi connectivity index (χ0n) is 7.88. The first-order valence-corrected chi connectivity index (χ1v) is 4.43. The molecule has 0 heteroatoms. The van der Waals surface area contributed by atoms with E-state index in [1.54, 1.807) is 0 Å². The zero-order valence-corrected chi connectivity index (χ0v) is 7.88. The summed E-state index contributed by atoms with van der Waals surface area (Å²) in [5, 5.41) is 0. The Kier molecular flexibility index (Phi) is 3.09. The topological polar surface area (TPSA) is 0 Å². The van der Waals surface area contributed by atoms with E-state index < -0.39 is 0 Å². The highest BCUT2D eigenvalue weighted by Crippen LogP contribution is 2.28. The normalized spacial score (nSPS) is 24.3. The van der Waals surface area contributed by atoms with Crippen molar-refractivity contribution in [2.24, 2.45) is 5.92 Å². The van der Waals surface area contributed by atoms with Gasteiger partial charge in [-0.3, -0.25) is 0 Å². The summed E-state index contributed by atoms with van der Waals surface area (Å²) in [5.41, 5.74) is 2.57. The number of rotatable bonds is 2. The molecular formula is C12H16. The van der Waals surface area contributed by atoms with E-state index in [1.165, 1.54) is 11.1 Å². The lowest BCUT2D eigenvalue weighted by molar-refractivity contribution is 0.759. The molecule has 0 heterocycles. The molecule has 0 saturated carbocycles. The molecule has 64 valence electrons. The van der Waals surface area contributed by atoms with Gasteiger partial charge in [0.1, 0.15) is 0 Å². The molecule has 0 bridgehead atoms. The summed E-state index contributed by atoms with van der Waals surface area (Å²) in [6.07, 6.45) is 11.7. The van der Waals surface area contributed by atoms with E-state index >= 15 is 0 Å². The Morgan fingerprint density at radius 1 is 1.50 bits per heavy atom. The minimum atomic E-state index is 0.669. The van der Waals surface area contributed by atoms with Gasteiger partial charge in [-0.25, -0.2) is 0 Å². The predicted octanol–water partition coefficient (Wildman–Crippen LogP) is 3.64. The number of hydrogen-bond acceptors (Lipinski definition) is 0. The summed E-state index contributed by atoms with van der Waals surface area (Å²) < 4.78 is 0. The average molecular weight is 160 g/mol. The minimum absolute atomic E-state index is 0.669. The summed E-state index contributed by atoms with van der Waals surface area (Å²) in [5.74, 6) is 0.669. The molecule has 1 aliphatic rings. The third-order valence-electron chi connectivity index (χ3n) is 2.02. The first-order chi connectivity index (χ1) is 5.74. The van der Waals surface area contributed by atoms with Crippen molar-refractivity contribution in [1.82, 2.24) is 0 Å². The second-order valence-corrected chi connectivity index (χ2v) is 3.29. The van der Waals surface area contributed by atoms with E-state index in [0.717, 1.165) is 6.42 Å². The summed E-state index contributed by atoms with van der Waals surface area (Å²) in [7, 11) is 0. The Hall–Kier alpha value is -1.04. The lowest BCUT2D eigenvalue weighted by Crippen LogP contribution is -1.79. The molecule has 0 aromatic rings. The van der Waals surface area contributed by atoms with Crippen LogP contribution in [0.3, 0.4) is 0 Å². The standard InChI is InChI=1S/C12H16/c1-4-5-6-7-12-9-10(2)8-11(12)3/h4-7,9-10H,3,8H2,1-2H3/b5-4+,7-6-. The molecule has 0 aromatic heterocycles. The molecule has 12 heavy (non-hydrogen) atoms. The van der Waals surface area contributed by atoms with E-state index in [1.807, 2.05) is 19.1 Å². The maximum Gasteiger partial charge on any atom is -0.0212 e. The van der Waals surface area contributed by atoms with Gasteiger partial charge in [0.05, 0.1) is 0 Å². The fourth-order valence-corrected chi connectivity index (χ4v) is 1.43. The molecule has 1 atom stereocenters. The fourth-order valence-electron chi connectivity index (χ4n) is 1.43. The summed E-state index contributed by atoms with van der Waals surface area (Å²) in [4.78, 5) is 0. The second kappa shape index (κ2) is 4.10. The third kappa shape index (κ3) is 2.23. The lowest BCUT2D eigenvalue weighted by atomic mass is 10.1. The van der Waals surface area contributed by atoms with Gasteiger partial charge < -0.3 is 0 Å². The van der Waals surface area contributed by atoms with E-state index in [-0.39, 0.29) is 0 Å². The van der Waals surface area contributed by atoms with E-state index in [4.69, 9.17) is 0 Å². The van der Waals surface area contributed by atoms with Crippen LogP contribution in [0.2, 0.25) is 0 Å². The number of allylic oxidation sites excluding steroid dienone is 7. The SMILES string of the molecule is C=C1CC(C)C=C1/C=C\C=C\C. The summed E-state index contributed by atoms with van der Waals surface area (Å²) in [6, 6.07) is 0. The largest absolute Gasteiger partial charge is 0.0952 e. The molecule has 0 radical (unpaired) electrons. The molecule has 0 amide bonds. The van der Waals surface area contributed by atoms with Crippen molar-refractivity contribution in [3.8, 4) is 0 Å². The van der Waals surface area contributed by atoms with E-state index in [9.17, 15) is 0 Å². The zero-order chi connectivity index (χ0) is 8.97. The van der Waals surface area contributed by atoms with Gasteiger partial charge in [0, 0.05) is 0 Å². The molecular weight excluding hydrogens is 144 g/mol.